The van der Waals surface area contributed by atoms with Crippen LogP contribution in [0.25, 0.3) is 11.4 Å². The zero-order chi connectivity index (χ0) is 18.4. The monoisotopic (exact) mass is 369 g/mol. The van der Waals surface area contributed by atoms with Crippen molar-refractivity contribution in [3.63, 3.8) is 0 Å². The summed E-state index contributed by atoms with van der Waals surface area (Å²) >= 11 is 1.50. The maximum Gasteiger partial charge on any atom is 0.246 e. The van der Waals surface area contributed by atoms with E-state index in [4.69, 9.17) is 9.26 Å². The molecule has 1 heterocycles. The summed E-state index contributed by atoms with van der Waals surface area (Å²) in [6.45, 7) is 2.06. The number of nitrogens with one attached hydrogen (secondary N) is 1. The van der Waals surface area contributed by atoms with Gasteiger partial charge in [-0.25, -0.2) is 0 Å². The molecule has 0 radical (unpaired) electrons. The first-order valence-corrected chi connectivity index (χ1v) is 9.00. The number of thioether (sulfide) groups is 1. The number of carbonyl (C=O) groups excluding carboxylic acids is 1. The summed E-state index contributed by atoms with van der Waals surface area (Å²) < 4.78 is 10.3. The summed E-state index contributed by atoms with van der Waals surface area (Å²) in [6.07, 6.45) is 0. The maximum atomic E-state index is 12.2. The number of aromatic nitrogens is 2. The van der Waals surface area contributed by atoms with Gasteiger partial charge in [-0.2, -0.15) is 4.98 Å². The highest BCUT2D eigenvalue weighted by Crippen LogP contribution is 2.23. The van der Waals surface area contributed by atoms with E-state index in [0.29, 0.717) is 11.7 Å². The van der Waals surface area contributed by atoms with Crippen LogP contribution in [0.5, 0.6) is 5.75 Å². The minimum Gasteiger partial charge on any atom is -0.497 e. The van der Waals surface area contributed by atoms with Gasteiger partial charge in [0.25, 0.3) is 0 Å². The van der Waals surface area contributed by atoms with Crippen LogP contribution in [0, 0.1) is 0 Å². The summed E-state index contributed by atoms with van der Waals surface area (Å²) in [5, 5.41) is 6.55. The molecule has 0 spiro atoms. The van der Waals surface area contributed by atoms with Gasteiger partial charge in [0.05, 0.1) is 18.9 Å². The first-order chi connectivity index (χ1) is 12.7. The lowest BCUT2D eigenvalue weighted by Gasteiger charge is -2.10. The van der Waals surface area contributed by atoms with Crippen LogP contribution >= 0.6 is 11.8 Å². The largest absolute Gasteiger partial charge is 0.497 e. The molecule has 0 fully saturated rings. The van der Waals surface area contributed by atoms with Crippen molar-refractivity contribution in [3.05, 3.63) is 60.5 Å². The molecule has 1 N–H and O–H groups in total. The Morgan fingerprint density at radius 3 is 2.62 bits per heavy atom. The van der Waals surface area contributed by atoms with E-state index >= 15 is 0 Å². The standard InChI is InChI=1S/C19H19N3O3S/c1-13(26-16-6-4-3-5-7-16)19(23)20-12-17-21-18(22-25-17)14-8-10-15(24-2)11-9-14/h3-11,13H,12H2,1-2H3,(H,20,23). The van der Waals surface area contributed by atoms with Crippen LogP contribution in [0.15, 0.2) is 64.0 Å². The summed E-state index contributed by atoms with van der Waals surface area (Å²) in [4.78, 5) is 17.6. The van der Waals surface area contributed by atoms with Gasteiger partial charge < -0.3 is 14.6 Å². The Balaban J connectivity index is 1.54. The molecular weight excluding hydrogens is 350 g/mol. The first-order valence-electron chi connectivity index (χ1n) is 8.12. The van der Waals surface area contributed by atoms with E-state index in [-0.39, 0.29) is 17.7 Å². The Bertz CT molecular complexity index is 850. The number of carbonyl (C=O) groups is 1. The summed E-state index contributed by atoms with van der Waals surface area (Å²) in [5.41, 5.74) is 0.820. The predicted molar refractivity (Wildman–Crippen MR) is 99.9 cm³/mol. The fourth-order valence-corrected chi connectivity index (χ4v) is 3.16. The summed E-state index contributed by atoms with van der Waals surface area (Å²) in [5.74, 6) is 1.52. The minimum absolute atomic E-state index is 0.0805. The molecule has 1 amide bonds. The predicted octanol–water partition coefficient (Wildman–Crippen LogP) is 3.54. The minimum atomic E-state index is -0.221. The highest BCUT2D eigenvalue weighted by atomic mass is 32.2. The van der Waals surface area contributed by atoms with Crippen LogP contribution in [0.4, 0.5) is 0 Å². The Kier molecular flexibility index (Phi) is 5.91. The zero-order valence-corrected chi connectivity index (χ0v) is 15.3. The van der Waals surface area contributed by atoms with Crippen molar-refractivity contribution in [2.24, 2.45) is 0 Å². The lowest BCUT2D eigenvalue weighted by Crippen LogP contribution is -2.30. The quantitative estimate of drug-likeness (QED) is 0.642. The second-order valence-corrected chi connectivity index (χ2v) is 6.95. The SMILES string of the molecule is COc1ccc(-c2noc(CNC(=O)C(C)Sc3ccccc3)n2)cc1. The number of hydrogen-bond donors (Lipinski definition) is 1. The van der Waals surface area contributed by atoms with E-state index in [1.165, 1.54) is 11.8 Å². The van der Waals surface area contributed by atoms with Gasteiger partial charge in [0, 0.05) is 10.5 Å². The van der Waals surface area contributed by atoms with Crippen LogP contribution in [0.3, 0.4) is 0 Å². The molecule has 0 aliphatic carbocycles. The average molecular weight is 369 g/mol. The van der Waals surface area contributed by atoms with Gasteiger partial charge in [0.15, 0.2) is 0 Å². The molecule has 2 aromatic carbocycles. The molecule has 0 aliphatic rings. The highest BCUT2D eigenvalue weighted by Gasteiger charge is 2.16. The van der Waals surface area contributed by atoms with Crippen molar-refractivity contribution < 1.29 is 14.1 Å². The van der Waals surface area contributed by atoms with Crippen molar-refractivity contribution >= 4 is 17.7 Å². The molecule has 26 heavy (non-hydrogen) atoms. The van der Waals surface area contributed by atoms with E-state index in [1.54, 1.807) is 7.11 Å². The summed E-state index contributed by atoms with van der Waals surface area (Å²) in [6, 6.07) is 17.2. The molecule has 1 atom stereocenters. The number of rotatable bonds is 7. The van der Waals surface area contributed by atoms with Gasteiger partial charge in [-0.05, 0) is 43.3 Å². The van der Waals surface area contributed by atoms with E-state index in [0.717, 1.165) is 16.2 Å². The lowest BCUT2D eigenvalue weighted by molar-refractivity contribution is -0.120. The van der Waals surface area contributed by atoms with Gasteiger partial charge in [-0.15, -0.1) is 11.8 Å². The van der Waals surface area contributed by atoms with Gasteiger partial charge in [-0.3, -0.25) is 4.79 Å². The Morgan fingerprint density at radius 1 is 1.19 bits per heavy atom. The molecule has 0 saturated heterocycles. The molecule has 0 aliphatic heterocycles. The number of methoxy groups -OCH3 is 1. The number of amides is 1. The maximum absolute atomic E-state index is 12.2. The molecule has 1 unspecified atom stereocenters. The molecule has 3 rings (SSSR count). The van der Waals surface area contributed by atoms with Crippen molar-refractivity contribution in [3.8, 4) is 17.1 Å². The molecule has 0 saturated carbocycles. The number of hydrogen-bond acceptors (Lipinski definition) is 6. The molecule has 0 bridgehead atoms. The van der Waals surface area contributed by atoms with Crippen LogP contribution in [-0.2, 0) is 11.3 Å². The van der Waals surface area contributed by atoms with Crippen molar-refractivity contribution in [2.75, 3.05) is 7.11 Å². The molecule has 1 aromatic heterocycles. The highest BCUT2D eigenvalue weighted by molar-refractivity contribution is 8.00. The molecule has 134 valence electrons. The second kappa shape index (κ2) is 8.53. The second-order valence-electron chi connectivity index (χ2n) is 5.53. The van der Waals surface area contributed by atoms with Crippen molar-refractivity contribution in [1.82, 2.24) is 15.5 Å². The van der Waals surface area contributed by atoms with E-state index in [9.17, 15) is 4.79 Å². The lowest BCUT2D eigenvalue weighted by atomic mass is 10.2. The van der Waals surface area contributed by atoms with E-state index in [1.807, 2.05) is 61.5 Å². The number of benzene rings is 2. The van der Waals surface area contributed by atoms with Crippen molar-refractivity contribution in [1.29, 1.82) is 0 Å². The van der Waals surface area contributed by atoms with Crippen LogP contribution in [0.1, 0.15) is 12.8 Å². The number of nitrogens with zero attached hydrogens (tertiary/aromatic N) is 2. The van der Waals surface area contributed by atoms with Gasteiger partial charge >= 0.3 is 0 Å². The molecule has 6 nitrogen and oxygen atoms in total. The normalized spacial score (nSPS) is 11.8. The average Bonchev–Trinajstić information content (AvgIpc) is 3.16. The van der Waals surface area contributed by atoms with Crippen LogP contribution < -0.4 is 10.1 Å². The molecule has 3 aromatic rings. The van der Waals surface area contributed by atoms with Gasteiger partial charge in [0.1, 0.15) is 5.75 Å². The third-order valence-corrected chi connectivity index (χ3v) is 4.77. The smallest absolute Gasteiger partial charge is 0.246 e. The third kappa shape index (κ3) is 4.64. The first kappa shape index (κ1) is 18.0. The van der Waals surface area contributed by atoms with Crippen molar-refractivity contribution in [2.45, 2.75) is 23.6 Å². The third-order valence-electron chi connectivity index (χ3n) is 3.66. The van der Waals surface area contributed by atoms with Crippen LogP contribution in [0.2, 0.25) is 0 Å². The van der Waals surface area contributed by atoms with Gasteiger partial charge in [-0.1, -0.05) is 23.4 Å². The Labute approximate surface area is 156 Å². The Morgan fingerprint density at radius 2 is 1.92 bits per heavy atom. The fraction of sp³-hybridized carbons (Fsp3) is 0.211. The summed E-state index contributed by atoms with van der Waals surface area (Å²) in [7, 11) is 1.61. The molecular formula is C19H19N3O3S. The Hall–Kier alpha value is -2.80. The van der Waals surface area contributed by atoms with Crippen LogP contribution in [-0.4, -0.2) is 28.4 Å². The van der Waals surface area contributed by atoms with Gasteiger partial charge in [0.2, 0.25) is 17.6 Å². The van der Waals surface area contributed by atoms with E-state index in [2.05, 4.69) is 15.5 Å². The zero-order valence-electron chi connectivity index (χ0n) is 14.5. The molecule has 7 heteroatoms. The topological polar surface area (TPSA) is 77.3 Å². The number of ether oxygens (including phenoxy) is 1. The van der Waals surface area contributed by atoms with E-state index < -0.39 is 0 Å². The fourth-order valence-electron chi connectivity index (χ4n) is 2.25.